The summed E-state index contributed by atoms with van der Waals surface area (Å²) >= 11 is 1.65. The number of carbonyl (C=O) groups is 1. The Hall–Kier alpha value is -2.01. The number of thioether (sulfide) groups is 1. The fourth-order valence-electron chi connectivity index (χ4n) is 1.84. The van der Waals surface area contributed by atoms with E-state index in [1.807, 2.05) is 0 Å². The van der Waals surface area contributed by atoms with E-state index in [-0.39, 0.29) is 11.7 Å². The molecule has 0 aromatic heterocycles. The fraction of sp³-hybridized carbons (Fsp3) is 0.235. The maximum atomic E-state index is 12.8. The van der Waals surface area contributed by atoms with Gasteiger partial charge in [0, 0.05) is 17.0 Å². The standard InChI is InChI=1S/C17H18FNO2S/c1-21-15-7-3-13(4-8-15)17(20)19-11-2-12-22-16-9-5-14(18)6-10-16/h3-10H,2,11-12H2,1H3,(H,19,20). The molecular formula is C17H18FNO2S. The van der Waals surface area contributed by atoms with Gasteiger partial charge < -0.3 is 10.1 Å². The van der Waals surface area contributed by atoms with Crippen LogP contribution in [0.4, 0.5) is 4.39 Å². The van der Waals surface area contributed by atoms with Crippen LogP contribution in [-0.2, 0) is 0 Å². The van der Waals surface area contributed by atoms with Crippen molar-refractivity contribution < 1.29 is 13.9 Å². The van der Waals surface area contributed by atoms with Gasteiger partial charge >= 0.3 is 0 Å². The minimum atomic E-state index is -0.226. The third kappa shape index (κ3) is 5.07. The first-order chi connectivity index (χ1) is 10.7. The molecule has 5 heteroatoms. The highest BCUT2D eigenvalue weighted by molar-refractivity contribution is 7.99. The molecule has 0 aliphatic heterocycles. The molecule has 0 saturated heterocycles. The lowest BCUT2D eigenvalue weighted by atomic mass is 10.2. The van der Waals surface area contributed by atoms with Gasteiger partial charge in [-0.05, 0) is 60.7 Å². The number of methoxy groups -OCH3 is 1. The van der Waals surface area contributed by atoms with Gasteiger partial charge in [0.25, 0.3) is 5.91 Å². The summed E-state index contributed by atoms with van der Waals surface area (Å²) in [6.45, 7) is 0.610. The molecule has 2 aromatic carbocycles. The number of hydrogen-bond donors (Lipinski definition) is 1. The van der Waals surface area contributed by atoms with Crippen LogP contribution in [-0.4, -0.2) is 25.3 Å². The Morgan fingerprint density at radius 3 is 2.45 bits per heavy atom. The van der Waals surface area contributed by atoms with Crippen molar-refractivity contribution in [3.63, 3.8) is 0 Å². The Labute approximate surface area is 133 Å². The van der Waals surface area contributed by atoms with Gasteiger partial charge in [-0.2, -0.15) is 0 Å². The fourth-order valence-corrected chi connectivity index (χ4v) is 2.69. The summed E-state index contributed by atoms with van der Waals surface area (Å²) in [7, 11) is 1.59. The lowest BCUT2D eigenvalue weighted by molar-refractivity contribution is 0.0954. The largest absolute Gasteiger partial charge is 0.497 e. The second kappa shape index (κ2) is 8.44. The number of ether oxygens (including phenoxy) is 1. The molecule has 1 N–H and O–H groups in total. The predicted molar refractivity (Wildman–Crippen MR) is 87.1 cm³/mol. The summed E-state index contributed by atoms with van der Waals surface area (Å²) in [5.74, 6) is 1.28. The lowest BCUT2D eigenvalue weighted by Crippen LogP contribution is -2.24. The van der Waals surface area contributed by atoms with E-state index in [4.69, 9.17) is 4.74 Å². The molecule has 2 aromatic rings. The minimum Gasteiger partial charge on any atom is -0.497 e. The quantitative estimate of drug-likeness (QED) is 0.624. The molecule has 116 valence electrons. The predicted octanol–water partition coefficient (Wildman–Crippen LogP) is 3.75. The number of rotatable bonds is 7. The van der Waals surface area contributed by atoms with Gasteiger partial charge in [0.05, 0.1) is 7.11 Å². The van der Waals surface area contributed by atoms with Gasteiger partial charge in [-0.1, -0.05) is 0 Å². The monoisotopic (exact) mass is 319 g/mol. The van der Waals surface area contributed by atoms with Crippen molar-refractivity contribution >= 4 is 17.7 Å². The summed E-state index contributed by atoms with van der Waals surface area (Å²) in [5, 5.41) is 2.88. The molecule has 0 unspecified atom stereocenters. The van der Waals surface area contributed by atoms with Crippen molar-refractivity contribution in [3.8, 4) is 5.75 Å². The highest BCUT2D eigenvalue weighted by Crippen LogP contribution is 2.18. The first-order valence-corrected chi connectivity index (χ1v) is 7.98. The Morgan fingerprint density at radius 1 is 1.14 bits per heavy atom. The van der Waals surface area contributed by atoms with Crippen LogP contribution in [0.15, 0.2) is 53.4 Å². The highest BCUT2D eigenvalue weighted by atomic mass is 32.2. The third-order valence-electron chi connectivity index (χ3n) is 3.04. The van der Waals surface area contributed by atoms with Gasteiger partial charge in [-0.3, -0.25) is 4.79 Å². The number of nitrogens with one attached hydrogen (secondary N) is 1. The Kier molecular flexibility index (Phi) is 6.27. The smallest absolute Gasteiger partial charge is 0.251 e. The van der Waals surface area contributed by atoms with Crippen molar-refractivity contribution in [2.75, 3.05) is 19.4 Å². The average molecular weight is 319 g/mol. The molecule has 0 bridgehead atoms. The molecule has 0 heterocycles. The van der Waals surface area contributed by atoms with Crippen LogP contribution in [0.5, 0.6) is 5.75 Å². The van der Waals surface area contributed by atoms with Gasteiger partial charge in [-0.15, -0.1) is 11.8 Å². The maximum Gasteiger partial charge on any atom is 0.251 e. The van der Waals surface area contributed by atoms with E-state index in [1.165, 1.54) is 12.1 Å². The van der Waals surface area contributed by atoms with Gasteiger partial charge in [-0.25, -0.2) is 4.39 Å². The molecule has 3 nitrogen and oxygen atoms in total. The molecule has 22 heavy (non-hydrogen) atoms. The zero-order valence-electron chi connectivity index (χ0n) is 12.3. The highest BCUT2D eigenvalue weighted by Gasteiger charge is 2.04. The van der Waals surface area contributed by atoms with E-state index in [0.29, 0.717) is 12.1 Å². The molecule has 2 rings (SSSR count). The normalized spacial score (nSPS) is 10.3. The topological polar surface area (TPSA) is 38.3 Å². The number of carbonyl (C=O) groups excluding carboxylic acids is 1. The minimum absolute atomic E-state index is 0.0885. The van der Waals surface area contributed by atoms with Crippen LogP contribution in [0.25, 0.3) is 0 Å². The molecule has 0 aliphatic carbocycles. The number of halogens is 1. The van der Waals surface area contributed by atoms with E-state index in [1.54, 1.807) is 55.3 Å². The second-order valence-electron chi connectivity index (χ2n) is 4.64. The molecule has 1 amide bonds. The number of benzene rings is 2. The van der Waals surface area contributed by atoms with Crippen LogP contribution >= 0.6 is 11.8 Å². The molecule has 0 atom stereocenters. The lowest BCUT2D eigenvalue weighted by Gasteiger charge is -2.06. The molecule has 0 spiro atoms. The Morgan fingerprint density at radius 2 is 1.82 bits per heavy atom. The van der Waals surface area contributed by atoms with Gasteiger partial charge in [0.15, 0.2) is 0 Å². The van der Waals surface area contributed by atoms with Crippen molar-refractivity contribution in [3.05, 3.63) is 59.9 Å². The van der Waals surface area contributed by atoms with Crippen LogP contribution in [0, 0.1) is 5.82 Å². The molecule has 0 aliphatic rings. The van der Waals surface area contributed by atoms with E-state index in [2.05, 4.69) is 5.32 Å². The van der Waals surface area contributed by atoms with Crippen LogP contribution in [0.1, 0.15) is 16.8 Å². The zero-order valence-corrected chi connectivity index (χ0v) is 13.2. The van der Waals surface area contributed by atoms with Crippen molar-refractivity contribution in [2.45, 2.75) is 11.3 Å². The number of amides is 1. The SMILES string of the molecule is COc1ccc(C(=O)NCCCSc2ccc(F)cc2)cc1. The number of hydrogen-bond acceptors (Lipinski definition) is 3. The zero-order chi connectivity index (χ0) is 15.8. The summed E-state index contributed by atoms with van der Waals surface area (Å²) in [5.41, 5.74) is 0.618. The van der Waals surface area contributed by atoms with Gasteiger partial charge in [0.2, 0.25) is 0 Å². The molecule has 0 radical (unpaired) electrons. The summed E-state index contributed by atoms with van der Waals surface area (Å²) < 4.78 is 17.8. The van der Waals surface area contributed by atoms with Gasteiger partial charge in [0.1, 0.15) is 11.6 Å². The average Bonchev–Trinajstić information content (AvgIpc) is 2.56. The van der Waals surface area contributed by atoms with E-state index in [9.17, 15) is 9.18 Å². The Balaban J connectivity index is 1.67. The van der Waals surface area contributed by atoms with E-state index in [0.717, 1.165) is 22.8 Å². The molecule has 0 saturated carbocycles. The summed E-state index contributed by atoms with van der Waals surface area (Å²) in [6, 6.07) is 13.4. The first-order valence-electron chi connectivity index (χ1n) is 6.99. The molecular weight excluding hydrogens is 301 g/mol. The second-order valence-corrected chi connectivity index (χ2v) is 5.81. The van der Waals surface area contributed by atoms with Crippen molar-refractivity contribution in [1.82, 2.24) is 5.32 Å². The van der Waals surface area contributed by atoms with E-state index >= 15 is 0 Å². The Bertz CT molecular complexity index is 599. The van der Waals surface area contributed by atoms with Crippen LogP contribution < -0.4 is 10.1 Å². The summed E-state index contributed by atoms with van der Waals surface area (Å²) in [6.07, 6.45) is 0.851. The van der Waals surface area contributed by atoms with Crippen molar-refractivity contribution in [1.29, 1.82) is 0 Å². The summed E-state index contributed by atoms with van der Waals surface area (Å²) in [4.78, 5) is 12.9. The van der Waals surface area contributed by atoms with Crippen LogP contribution in [0.3, 0.4) is 0 Å². The maximum absolute atomic E-state index is 12.8. The molecule has 0 fully saturated rings. The third-order valence-corrected chi connectivity index (χ3v) is 4.14. The first kappa shape index (κ1) is 16.4. The van der Waals surface area contributed by atoms with E-state index < -0.39 is 0 Å². The van der Waals surface area contributed by atoms with Crippen LogP contribution in [0.2, 0.25) is 0 Å². The van der Waals surface area contributed by atoms with Crippen molar-refractivity contribution in [2.24, 2.45) is 0 Å².